The van der Waals surface area contributed by atoms with Gasteiger partial charge in [0.15, 0.2) is 17.3 Å². The lowest BCUT2D eigenvalue weighted by atomic mass is 10.5. The second-order valence-corrected chi connectivity index (χ2v) is 6.68. The molecule has 0 aromatic carbocycles. The molecule has 0 bridgehead atoms. The van der Waals surface area contributed by atoms with E-state index in [1.54, 1.807) is 6.92 Å². The van der Waals surface area contributed by atoms with Crippen molar-refractivity contribution in [3.8, 4) is 0 Å². The van der Waals surface area contributed by atoms with E-state index in [4.69, 9.17) is 0 Å². The summed E-state index contributed by atoms with van der Waals surface area (Å²) in [5, 5.41) is 7.82. The van der Waals surface area contributed by atoms with Crippen LogP contribution in [-0.2, 0) is 25.4 Å². The van der Waals surface area contributed by atoms with Gasteiger partial charge in [-0.3, -0.25) is 0 Å². The minimum absolute atomic E-state index is 0. The van der Waals surface area contributed by atoms with E-state index < -0.39 is 23.7 Å². The van der Waals surface area contributed by atoms with Crippen molar-refractivity contribution in [2.24, 2.45) is 4.99 Å². The molecule has 0 fully saturated rings. The maximum absolute atomic E-state index is 12.5. The lowest BCUT2D eigenvalue weighted by molar-refractivity contribution is -0.141. The molecule has 0 saturated carbocycles. The predicted octanol–water partition coefficient (Wildman–Crippen LogP) is 4.51. The summed E-state index contributed by atoms with van der Waals surface area (Å²) in [5.74, 6) is 0.236. The first-order chi connectivity index (χ1) is 12.1. The Morgan fingerprint density at radius 2 is 1.48 bits per heavy atom. The molecule has 0 atom stereocenters. The summed E-state index contributed by atoms with van der Waals surface area (Å²) in [5.41, 5.74) is -1.95. The molecule has 0 aliphatic heterocycles. The Labute approximate surface area is 175 Å². The van der Waals surface area contributed by atoms with Gasteiger partial charge in [-0.25, -0.2) is 15.0 Å². The number of guanidine groups is 1. The van der Waals surface area contributed by atoms with Crippen molar-refractivity contribution in [2.45, 2.75) is 32.4 Å². The van der Waals surface area contributed by atoms with Crippen LogP contribution in [0.5, 0.6) is 0 Å². The van der Waals surface area contributed by atoms with E-state index in [-0.39, 0.29) is 53.0 Å². The van der Waals surface area contributed by atoms with E-state index >= 15 is 0 Å². The number of hydrogen-bond donors (Lipinski definition) is 2. The van der Waals surface area contributed by atoms with Crippen molar-refractivity contribution in [1.82, 2.24) is 20.6 Å². The van der Waals surface area contributed by atoms with Gasteiger partial charge in [0.1, 0.15) is 10.0 Å². The van der Waals surface area contributed by atoms with Crippen LogP contribution in [0.2, 0.25) is 0 Å². The highest BCUT2D eigenvalue weighted by molar-refractivity contribution is 14.0. The largest absolute Gasteiger partial charge is 0.434 e. The normalized spacial score (nSPS) is 12.6. The zero-order valence-corrected chi connectivity index (χ0v) is 17.6. The van der Waals surface area contributed by atoms with Gasteiger partial charge in [0.25, 0.3) is 0 Å². The SMILES string of the molecule is CCNC(=NCc1nc(C(F)(F)F)cs1)NCc1nc(C(F)(F)F)cs1.I. The van der Waals surface area contributed by atoms with Crippen LogP contribution in [0, 0.1) is 0 Å². The van der Waals surface area contributed by atoms with Crippen molar-refractivity contribution >= 4 is 52.6 Å². The van der Waals surface area contributed by atoms with Crippen LogP contribution < -0.4 is 10.6 Å². The fraction of sp³-hybridized carbons (Fsp3) is 0.462. The Kier molecular flexibility index (Phi) is 8.72. The lowest BCUT2D eigenvalue weighted by Crippen LogP contribution is -2.36. The molecular weight excluding hydrogens is 531 g/mol. The molecule has 5 nitrogen and oxygen atoms in total. The first-order valence-corrected chi connectivity index (χ1v) is 8.91. The van der Waals surface area contributed by atoms with E-state index in [1.165, 1.54) is 0 Å². The molecule has 0 aliphatic rings. The van der Waals surface area contributed by atoms with Crippen molar-refractivity contribution < 1.29 is 26.3 Å². The molecule has 0 amide bonds. The van der Waals surface area contributed by atoms with Crippen molar-refractivity contribution in [2.75, 3.05) is 6.54 Å². The zero-order valence-electron chi connectivity index (χ0n) is 13.6. The molecule has 0 aliphatic carbocycles. The summed E-state index contributed by atoms with van der Waals surface area (Å²) in [4.78, 5) is 11.0. The van der Waals surface area contributed by atoms with Crippen LogP contribution in [0.25, 0.3) is 0 Å². The van der Waals surface area contributed by atoms with Crippen molar-refractivity contribution in [1.29, 1.82) is 0 Å². The van der Waals surface area contributed by atoms with Crippen LogP contribution in [0.1, 0.15) is 28.3 Å². The maximum Gasteiger partial charge on any atom is 0.434 e. The molecule has 14 heteroatoms. The number of hydrogen-bond acceptors (Lipinski definition) is 5. The second kappa shape index (κ2) is 9.86. The number of aromatic nitrogens is 2. The van der Waals surface area contributed by atoms with Crippen molar-refractivity contribution in [3.63, 3.8) is 0 Å². The van der Waals surface area contributed by atoms with Gasteiger partial charge in [-0.05, 0) is 6.92 Å². The molecule has 2 rings (SSSR count). The average molecular weight is 545 g/mol. The molecule has 2 aromatic rings. The fourth-order valence-corrected chi connectivity index (χ4v) is 3.15. The molecular formula is C13H14F6IN5S2. The van der Waals surface area contributed by atoms with E-state index in [2.05, 4.69) is 25.6 Å². The van der Waals surface area contributed by atoms with E-state index in [0.717, 1.165) is 33.4 Å². The Bertz CT molecular complexity index is 755. The molecule has 2 N–H and O–H groups in total. The maximum atomic E-state index is 12.5. The number of rotatable bonds is 5. The van der Waals surface area contributed by atoms with Gasteiger partial charge in [-0.15, -0.1) is 46.7 Å². The second-order valence-electron chi connectivity index (χ2n) is 4.80. The molecule has 2 heterocycles. The third-order valence-electron chi connectivity index (χ3n) is 2.81. The van der Waals surface area contributed by atoms with Crippen LogP contribution in [0.15, 0.2) is 15.8 Å². The highest BCUT2D eigenvalue weighted by Gasteiger charge is 2.34. The van der Waals surface area contributed by atoms with Crippen LogP contribution in [0.4, 0.5) is 26.3 Å². The third kappa shape index (κ3) is 7.40. The molecule has 0 unspecified atom stereocenters. The summed E-state index contributed by atoms with van der Waals surface area (Å²) in [6.07, 6.45) is -9.02. The van der Waals surface area contributed by atoms with Gasteiger partial charge in [-0.1, -0.05) is 0 Å². The van der Waals surface area contributed by atoms with Gasteiger partial charge >= 0.3 is 12.4 Å². The minimum Gasteiger partial charge on any atom is -0.357 e. The quantitative estimate of drug-likeness (QED) is 0.251. The monoisotopic (exact) mass is 545 g/mol. The fourth-order valence-electron chi connectivity index (χ4n) is 1.68. The number of aliphatic imine (C=N–C) groups is 1. The van der Waals surface area contributed by atoms with E-state index in [0.29, 0.717) is 6.54 Å². The van der Waals surface area contributed by atoms with Crippen LogP contribution in [-0.4, -0.2) is 22.5 Å². The van der Waals surface area contributed by atoms with E-state index in [1.807, 2.05) is 0 Å². The molecule has 0 spiro atoms. The number of alkyl halides is 6. The van der Waals surface area contributed by atoms with Crippen molar-refractivity contribution in [3.05, 3.63) is 32.2 Å². The standard InChI is InChI=1S/C13H13F6N5S2.HI/c1-2-20-11(21-3-9-23-7(5-25-9)12(14,15)16)22-4-10-24-8(6-26-10)13(17,18)19;/h5-6H,2-4H2,1H3,(H2,20,21,22);1H. The summed E-state index contributed by atoms with van der Waals surface area (Å²) < 4.78 is 75.1. The Morgan fingerprint density at radius 1 is 0.963 bits per heavy atom. The molecule has 27 heavy (non-hydrogen) atoms. The number of nitrogens with one attached hydrogen (secondary N) is 2. The topological polar surface area (TPSA) is 62.2 Å². The highest BCUT2D eigenvalue weighted by Crippen LogP contribution is 2.30. The number of nitrogens with zero attached hydrogens (tertiary/aromatic N) is 3. The Morgan fingerprint density at radius 3 is 1.96 bits per heavy atom. The first kappa shape index (κ1) is 23.9. The van der Waals surface area contributed by atoms with E-state index in [9.17, 15) is 26.3 Å². The van der Waals surface area contributed by atoms with Gasteiger partial charge in [-0.2, -0.15) is 26.3 Å². The van der Waals surface area contributed by atoms with Crippen LogP contribution >= 0.6 is 46.7 Å². The smallest absolute Gasteiger partial charge is 0.357 e. The predicted molar refractivity (Wildman–Crippen MR) is 101 cm³/mol. The summed E-state index contributed by atoms with van der Waals surface area (Å²) in [6.45, 7) is 2.14. The molecule has 0 saturated heterocycles. The Hall–Kier alpha value is -1.16. The minimum atomic E-state index is -4.51. The van der Waals surface area contributed by atoms with Gasteiger partial charge in [0.05, 0.1) is 13.1 Å². The highest BCUT2D eigenvalue weighted by atomic mass is 127. The molecule has 0 radical (unpaired) electrons. The molecule has 2 aromatic heterocycles. The summed E-state index contributed by atoms with van der Waals surface area (Å²) in [6, 6.07) is 0. The summed E-state index contributed by atoms with van der Waals surface area (Å²) >= 11 is 1.67. The van der Waals surface area contributed by atoms with Gasteiger partial charge < -0.3 is 10.6 Å². The first-order valence-electron chi connectivity index (χ1n) is 7.15. The number of thiazole rings is 2. The van der Waals surface area contributed by atoms with Crippen LogP contribution in [0.3, 0.4) is 0 Å². The lowest BCUT2D eigenvalue weighted by Gasteiger charge is -2.09. The zero-order chi connectivity index (χ0) is 19.4. The Balaban J connectivity index is 0.00000364. The molecule has 152 valence electrons. The van der Waals surface area contributed by atoms with Gasteiger partial charge in [0.2, 0.25) is 0 Å². The van der Waals surface area contributed by atoms with Gasteiger partial charge in [0, 0.05) is 17.3 Å². The number of halogens is 7. The third-order valence-corrected chi connectivity index (χ3v) is 4.49. The average Bonchev–Trinajstić information content (AvgIpc) is 3.18. The summed E-state index contributed by atoms with van der Waals surface area (Å²) in [7, 11) is 0.